The topological polar surface area (TPSA) is 110 Å². The number of amides is 1. The van der Waals surface area contributed by atoms with Crippen LogP contribution >= 0.6 is 0 Å². The normalized spacial score (nSPS) is 11.1. The first-order chi connectivity index (χ1) is 13.2. The fourth-order valence-electron chi connectivity index (χ4n) is 2.56. The molecule has 9 heteroatoms. The average molecular weight is 398 g/mol. The lowest BCUT2D eigenvalue weighted by Gasteiger charge is -2.11. The lowest BCUT2D eigenvalue weighted by atomic mass is 10.2. The summed E-state index contributed by atoms with van der Waals surface area (Å²) in [6.07, 6.45) is 1.05. The molecule has 28 heavy (non-hydrogen) atoms. The zero-order valence-electron chi connectivity index (χ0n) is 15.2. The predicted octanol–water partition coefficient (Wildman–Crippen LogP) is 2.16. The minimum Gasteiger partial charge on any atom is -0.320 e. The molecule has 1 amide bonds. The lowest BCUT2D eigenvalue weighted by Crippen LogP contribution is -2.26. The minimum atomic E-state index is -3.39. The molecule has 0 spiro atoms. The van der Waals surface area contributed by atoms with Crippen molar-refractivity contribution in [2.45, 2.75) is 6.92 Å². The molecule has 0 aliphatic heterocycles. The van der Waals surface area contributed by atoms with Crippen LogP contribution in [0.25, 0.3) is 5.69 Å². The summed E-state index contributed by atoms with van der Waals surface area (Å²) in [5, 5.41) is 6.80. The van der Waals surface area contributed by atoms with Crippen LogP contribution in [0, 0.1) is 6.92 Å². The van der Waals surface area contributed by atoms with Gasteiger partial charge in [-0.2, -0.15) is 5.10 Å². The number of sulfonamides is 1. The van der Waals surface area contributed by atoms with Gasteiger partial charge in [-0.25, -0.2) is 13.1 Å². The van der Waals surface area contributed by atoms with E-state index in [1.807, 2.05) is 30.3 Å². The number of benzene rings is 2. The first-order valence-corrected chi connectivity index (χ1v) is 10.2. The summed E-state index contributed by atoms with van der Waals surface area (Å²) < 4.78 is 26.3. The van der Waals surface area contributed by atoms with E-state index in [1.54, 1.807) is 6.92 Å². The summed E-state index contributed by atoms with van der Waals surface area (Å²) in [4.78, 5) is 24.8. The van der Waals surface area contributed by atoms with Gasteiger partial charge in [-0.3, -0.25) is 14.3 Å². The largest absolute Gasteiger partial charge is 0.320 e. The first-order valence-electron chi connectivity index (χ1n) is 8.28. The smallest absolute Gasteiger partial charge is 0.280 e. The maximum atomic E-state index is 12.5. The first kappa shape index (κ1) is 19.3. The van der Waals surface area contributed by atoms with E-state index in [0.29, 0.717) is 17.1 Å². The second kappa shape index (κ2) is 7.65. The van der Waals surface area contributed by atoms with Gasteiger partial charge in [0.15, 0.2) is 5.69 Å². The zero-order valence-corrected chi connectivity index (χ0v) is 16.0. The molecule has 2 aromatic carbocycles. The van der Waals surface area contributed by atoms with Crippen LogP contribution in [-0.4, -0.2) is 30.4 Å². The van der Waals surface area contributed by atoms with E-state index in [2.05, 4.69) is 15.1 Å². The van der Waals surface area contributed by atoms with Crippen LogP contribution in [0.2, 0.25) is 0 Å². The number of carbonyl (C=O) groups excluding carboxylic acids is 1. The molecule has 2 N–H and O–H groups in total. The van der Waals surface area contributed by atoms with Crippen molar-refractivity contribution in [3.8, 4) is 5.69 Å². The van der Waals surface area contributed by atoms with Crippen molar-refractivity contribution in [3.05, 3.63) is 82.3 Å². The maximum absolute atomic E-state index is 12.5. The van der Waals surface area contributed by atoms with Gasteiger partial charge in [0.1, 0.15) is 0 Å². The summed E-state index contributed by atoms with van der Waals surface area (Å²) in [5.74, 6) is -0.654. The van der Waals surface area contributed by atoms with E-state index < -0.39 is 21.4 Å². The van der Waals surface area contributed by atoms with Crippen molar-refractivity contribution in [2.24, 2.45) is 0 Å². The monoisotopic (exact) mass is 398 g/mol. The molecule has 0 bridgehead atoms. The molecule has 0 unspecified atom stereocenters. The number of nitrogens with zero attached hydrogens (tertiary/aromatic N) is 2. The third-order valence-corrected chi connectivity index (χ3v) is 4.38. The highest BCUT2D eigenvalue weighted by Crippen LogP contribution is 2.15. The molecular formula is C19H18N4O4S. The van der Waals surface area contributed by atoms with E-state index in [-0.39, 0.29) is 5.69 Å². The molecule has 0 atom stereocenters. The minimum absolute atomic E-state index is 0.243. The Hall–Kier alpha value is -3.46. The van der Waals surface area contributed by atoms with Crippen molar-refractivity contribution in [1.82, 2.24) is 9.78 Å². The Kier molecular flexibility index (Phi) is 5.27. The molecule has 1 heterocycles. The Balaban J connectivity index is 1.86. The average Bonchev–Trinajstić information content (AvgIpc) is 2.63. The molecule has 0 saturated heterocycles. The molecule has 1 aromatic heterocycles. The molecule has 0 aliphatic rings. The third-order valence-electron chi connectivity index (χ3n) is 3.77. The molecule has 0 fully saturated rings. The Morgan fingerprint density at radius 3 is 2.21 bits per heavy atom. The van der Waals surface area contributed by atoms with E-state index in [0.717, 1.165) is 11.9 Å². The number of hydrogen-bond donors (Lipinski definition) is 2. The Bertz CT molecular complexity index is 1170. The van der Waals surface area contributed by atoms with Gasteiger partial charge in [0, 0.05) is 23.1 Å². The molecule has 0 saturated carbocycles. The van der Waals surface area contributed by atoms with Gasteiger partial charge < -0.3 is 5.32 Å². The standard InChI is InChI=1S/C19H18N4O4S/c1-13-12-17(24)18(21-23(13)16-6-4-3-5-7-16)19(25)20-14-8-10-15(11-9-14)22-28(2,26)27/h3-12,22H,1-2H3,(H,20,25). The van der Waals surface area contributed by atoms with Crippen LogP contribution in [-0.2, 0) is 10.0 Å². The highest BCUT2D eigenvalue weighted by Gasteiger charge is 2.15. The Morgan fingerprint density at radius 1 is 1.00 bits per heavy atom. The van der Waals surface area contributed by atoms with E-state index in [9.17, 15) is 18.0 Å². The number of para-hydroxylation sites is 1. The van der Waals surface area contributed by atoms with Crippen LogP contribution in [0.3, 0.4) is 0 Å². The number of carbonyl (C=O) groups is 1. The van der Waals surface area contributed by atoms with Crippen molar-refractivity contribution >= 4 is 27.3 Å². The third kappa shape index (κ3) is 4.63. The fraction of sp³-hybridized carbons (Fsp3) is 0.105. The Morgan fingerprint density at radius 2 is 1.61 bits per heavy atom. The van der Waals surface area contributed by atoms with Gasteiger partial charge in [-0.1, -0.05) is 18.2 Å². The van der Waals surface area contributed by atoms with Crippen molar-refractivity contribution in [2.75, 3.05) is 16.3 Å². The second-order valence-corrected chi connectivity index (χ2v) is 7.90. The second-order valence-electron chi connectivity index (χ2n) is 6.15. The fourth-order valence-corrected chi connectivity index (χ4v) is 3.13. The number of nitrogens with one attached hydrogen (secondary N) is 2. The van der Waals surface area contributed by atoms with Gasteiger partial charge in [-0.15, -0.1) is 0 Å². The summed E-state index contributed by atoms with van der Waals surface area (Å²) in [6, 6.07) is 16.6. The van der Waals surface area contributed by atoms with Gasteiger partial charge in [0.25, 0.3) is 5.91 Å². The van der Waals surface area contributed by atoms with Crippen LogP contribution in [0.4, 0.5) is 11.4 Å². The highest BCUT2D eigenvalue weighted by atomic mass is 32.2. The van der Waals surface area contributed by atoms with Gasteiger partial charge in [0.2, 0.25) is 15.5 Å². The van der Waals surface area contributed by atoms with E-state index in [1.165, 1.54) is 35.0 Å². The number of anilines is 2. The lowest BCUT2D eigenvalue weighted by molar-refractivity contribution is 0.101. The van der Waals surface area contributed by atoms with E-state index >= 15 is 0 Å². The van der Waals surface area contributed by atoms with Crippen LogP contribution in [0.1, 0.15) is 16.2 Å². The molecular weight excluding hydrogens is 380 g/mol. The van der Waals surface area contributed by atoms with E-state index in [4.69, 9.17) is 0 Å². The van der Waals surface area contributed by atoms with Crippen molar-refractivity contribution in [3.63, 3.8) is 0 Å². The molecule has 3 aromatic rings. The van der Waals surface area contributed by atoms with Gasteiger partial charge >= 0.3 is 0 Å². The number of aryl methyl sites for hydroxylation is 1. The predicted molar refractivity (Wildman–Crippen MR) is 107 cm³/mol. The van der Waals surface area contributed by atoms with Crippen LogP contribution in [0.5, 0.6) is 0 Å². The number of rotatable bonds is 5. The molecule has 144 valence electrons. The highest BCUT2D eigenvalue weighted by molar-refractivity contribution is 7.92. The van der Waals surface area contributed by atoms with Crippen LogP contribution in [0.15, 0.2) is 65.5 Å². The Labute approximate surface area is 161 Å². The van der Waals surface area contributed by atoms with Crippen LogP contribution < -0.4 is 15.5 Å². The zero-order chi connectivity index (χ0) is 20.3. The number of aromatic nitrogens is 2. The summed E-state index contributed by atoms with van der Waals surface area (Å²) >= 11 is 0. The summed E-state index contributed by atoms with van der Waals surface area (Å²) in [5.41, 5.74) is 1.36. The van der Waals surface area contributed by atoms with Gasteiger partial charge in [-0.05, 0) is 43.3 Å². The van der Waals surface area contributed by atoms with Gasteiger partial charge in [0.05, 0.1) is 11.9 Å². The molecule has 0 radical (unpaired) electrons. The van der Waals surface area contributed by atoms with Crippen molar-refractivity contribution in [1.29, 1.82) is 0 Å². The summed E-state index contributed by atoms with van der Waals surface area (Å²) in [6.45, 7) is 1.73. The molecule has 3 rings (SSSR count). The number of hydrogen-bond acceptors (Lipinski definition) is 5. The maximum Gasteiger partial charge on any atom is 0.280 e. The SMILES string of the molecule is Cc1cc(=O)c(C(=O)Nc2ccc(NS(C)(=O)=O)cc2)nn1-c1ccccc1. The quantitative estimate of drug-likeness (QED) is 0.684. The van der Waals surface area contributed by atoms with Crippen molar-refractivity contribution < 1.29 is 13.2 Å². The molecule has 0 aliphatic carbocycles. The summed E-state index contributed by atoms with van der Waals surface area (Å²) in [7, 11) is -3.39. The molecule has 8 nitrogen and oxygen atoms in total.